The highest BCUT2D eigenvalue weighted by Gasteiger charge is 2.05. The Bertz CT molecular complexity index is 393. The minimum absolute atomic E-state index is 0.670. The third kappa shape index (κ3) is 6.08. The first-order chi connectivity index (χ1) is 9.81. The van der Waals surface area contributed by atoms with Crippen molar-refractivity contribution in [2.24, 2.45) is 0 Å². The van der Waals surface area contributed by atoms with Crippen LogP contribution in [-0.2, 0) is 11.3 Å². The summed E-state index contributed by atoms with van der Waals surface area (Å²) in [6.45, 7) is 6.70. The van der Waals surface area contributed by atoms with Crippen LogP contribution in [0.15, 0.2) is 30.9 Å². The molecule has 0 spiro atoms. The highest BCUT2D eigenvalue weighted by atomic mass is 16.5. The van der Waals surface area contributed by atoms with Gasteiger partial charge in [-0.15, -0.1) is 6.58 Å². The molecule has 0 fully saturated rings. The molecule has 0 amide bonds. The van der Waals surface area contributed by atoms with Crippen LogP contribution in [0.25, 0.3) is 0 Å². The van der Waals surface area contributed by atoms with Gasteiger partial charge >= 0.3 is 0 Å². The summed E-state index contributed by atoms with van der Waals surface area (Å²) >= 11 is 0. The summed E-state index contributed by atoms with van der Waals surface area (Å²) in [5, 5.41) is 3.31. The lowest BCUT2D eigenvalue weighted by molar-refractivity contribution is 0.199. The topological polar surface area (TPSA) is 39.7 Å². The van der Waals surface area contributed by atoms with E-state index >= 15 is 0 Å². The number of hydrogen-bond donors (Lipinski definition) is 1. The Kier molecular flexibility index (Phi) is 8.51. The molecule has 1 aromatic rings. The molecule has 0 aliphatic heterocycles. The third-order valence-corrected chi connectivity index (χ3v) is 2.85. The van der Waals surface area contributed by atoms with E-state index in [2.05, 4.69) is 11.9 Å². The Balaban J connectivity index is 2.53. The van der Waals surface area contributed by atoms with Gasteiger partial charge in [0.2, 0.25) is 0 Å². The van der Waals surface area contributed by atoms with Crippen molar-refractivity contribution < 1.29 is 14.2 Å². The fourth-order valence-electron chi connectivity index (χ4n) is 1.76. The molecule has 0 aromatic heterocycles. The Morgan fingerprint density at radius 1 is 1.20 bits per heavy atom. The van der Waals surface area contributed by atoms with Gasteiger partial charge in [-0.25, -0.2) is 0 Å². The summed E-state index contributed by atoms with van der Waals surface area (Å²) in [5.41, 5.74) is 1.17. The summed E-state index contributed by atoms with van der Waals surface area (Å²) < 4.78 is 16.1. The summed E-state index contributed by atoms with van der Waals surface area (Å²) in [5.74, 6) is 1.56. The number of rotatable bonds is 11. The van der Waals surface area contributed by atoms with Gasteiger partial charge < -0.3 is 19.5 Å². The molecular formula is C16H25NO3. The van der Waals surface area contributed by atoms with Crippen molar-refractivity contribution in [1.29, 1.82) is 0 Å². The van der Waals surface area contributed by atoms with Crippen LogP contribution in [0.4, 0.5) is 0 Å². The first-order valence-electron chi connectivity index (χ1n) is 6.92. The van der Waals surface area contributed by atoms with Crippen LogP contribution < -0.4 is 14.8 Å². The molecule has 0 heterocycles. The SMILES string of the molecule is C=CCCCOc1cc(CNCCOC)ccc1OC. The van der Waals surface area contributed by atoms with Crippen molar-refractivity contribution in [3.8, 4) is 11.5 Å². The molecule has 0 saturated heterocycles. The molecular weight excluding hydrogens is 254 g/mol. The zero-order chi connectivity index (χ0) is 14.6. The van der Waals surface area contributed by atoms with Crippen molar-refractivity contribution >= 4 is 0 Å². The summed E-state index contributed by atoms with van der Waals surface area (Å²) in [6.07, 6.45) is 3.82. The standard InChI is InChI=1S/C16H25NO3/c1-4-5-6-10-20-16-12-14(7-8-15(16)19-3)13-17-9-11-18-2/h4,7-8,12,17H,1,5-6,9-11,13H2,2-3H3. The number of allylic oxidation sites excluding steroid dienone is 1. The number of benzene rings is 1. The normalized spacial score (nSPS) is 10.3. The number of hydrogen-bond acceptors (Lipinski definition) is 4. The predicted octanol–water partition coefficient (Wildman–Crippen LogP) is 2.78. The van der Waals surface area contributed by atoms with Crippen LogP contribution in [0.5, 0.6) is 11.5 Å². The van der Waals surface area contributed by atoms with Crippen molar-refractivity contribution in [3.05, 3.63) is 36.4 Å². The van der Waals surface area contributed by atoms with E-state index in [9.17, 15) is 0 Å². The predicted molar refractivity (Wildman–Crippen MR) is 81.5 cm³/mol. The smallest absolute Gasteiger partial charge is 0.161 e. The Morgan fingerprint density at radius 2 is 2.05 bits per heavy atom. The molecule has 20 heavy (non-hydrogen) atoms. The van der Waals surface area contributed by atoms with Crippen molar-refractivity contribution in [2.75, 3.05) is 34.0 Å². The molecule has 4 heteroatoms. The van der Waals surface area contributed by atoms with E-state index in [1.165, 1.54) is 5.56 Å². The zero-order valence-electron chi connectivity index (χ0n) is 12.5. The molecule has 1 rings (SSSR count). The first-order valence-corrected chi connectivity index (χ1v) is 6.92. The lowest BCUT2D eigenvalue weighted by Gasteiger charge is -2.12. The molecule has 0 saturated carbocycles. The zero-order valence-corrected chi connectivity index (χ0v) is 12.5. The molecule has 1 N–H and O–H groups in total. The second-order valence-electron chi connectivity index (χ2n) is 4.43. The second kappa shape index (κ2) is 10.3. The van der Waals surface area contributed by atoms with E-state index in [-0.39, 0.29) is 0 Å². The van der Waals surface area contributed by atoms with Gasteiger partial charge in [-0.05, 0) is 30.5 Å². The maximum Gasteiger partial charge on any atom is 0.161 e. The highest BCUT2D eigenvalue weighted by Crippen LogP contribution is 2.28. The van der Waals surface area contributed by atoms with Crippen LogP contribution in [0.2, 0.25) is 0 Å². The Hall–Kier alpha value is -1.52. The first kappa shape index (κ1) is 16.5. The monoisotopic (exact) mass is 279 g/mol. The fraction of sp³-hybridized carbons (Fsp3) is 0.500. The average molecular weight is 279 g/mol. The van der Waals surface area contributed by atoms with Gasteiger partial charge in [0.05, 0.1) is 20.3 Å². The molecule has 0 unspecified atom stereocenters. The quantitative estimate of drug-likeness (QED) is 0.499. The van der Waals surface area contributed by atoms with Gasteiger partial charge in [-0.1, -0.05) is 12.1 Å². The Morgan fingerprint density at radius 3 is 2.75 bits per heavy atom. The molecule has 0 bridgehead atoms. The minimum Gasteiger partial charge on any atom is -0.493 e. The Labute approximate surface area is 121 Å². The molecule has 0 aliphatic rings. The van der Waals surface area contributed by atoms with Gasteiger partial charge in [0, 0.05) is 20.2 Å². The number of ether oxygens (including phenoxy) is 3. The van der Waals surface area contributed by atoms with Gasteiger partial charge in [-0.2, -0.15) is 0 Å². The van der Waals surface area contributed by atoms with Crippen LogP contribution in [0.1, 0.15) is 18.4 Å². The molecule has 112 valence electrons. The van der Waals surface area contributed by atoms with E-state index in [4.69, 9.17) is 14.2 Å². The van der Waals surface area contributed by atoms with Gasteiger partial charge in [0.15, 0.2) is 11.5 Å². The van der Waals surface area contributed by atoms with E-state index in [0.29, 0.717) is 13.2 Å². The maximum atomic E-state index is 5.77. The van der Waals surface area contributed by atoms with Crippen LogP contribution in [-0.4, -0.2) is 34.0 Å². The van der Waals surface area contributed by atoms with E-state index < -0.39 is 0 Å². The van der Waals surface area contributed by atoms with E-state index in [0.717, 1.165) is 37.4 Å². The summed E-state index contributed by atoms with van der Waals surface area (Å²) in [4.78, 5) is 0. The highest BCUT2D eigenvalue weighted by molar-refractivity contribution is 5.42. The maximum absolute atomic E-state index is 5.77. The molecule has 0 atom stereocenters. The van der Waals surface area contributed by atoms with Crippen molar-refractivity contribution in [2.45, 2.75) is 19.4 Å². The third-order valence-electron chi connectivity index (χ3n) is 2.85. The average Bonchev–Trinajstić information content (AvgIpc) is 2.48. The lowest BCUT2D eigenvalue weighted by atomic mass is 10.2. The lowest BCUT2D eigenvalue weighted by Crippen LogP contribution is -2.18. The van der Waals surface area contributed by atoms with Crippen molar-refractivity contribution in [1.82, 2.24) is 5.32 Å². The van der Waals surface area contributed by atoms with Crippen LogP contribution in [0.3, 0.4) is 0 Å². The number of unbranched alkanes of at least 4 members (excludes halogenated alkanes) is 1. The van der Waals surface area contributed by atoms with Gasteiger partial charge in [-0.3, -0.25) is 0 Å². The molecule has 0 radical (unpaired) electrons. The van der Waals surface area contributed by atoms with Crippen molar-refractivity contribution in [3.63, 3.8) is 0 Å². The van der Waals surface area contributed by atoms with Gasteiger partial charge in [0.25, 0.3) is 0 Å². The van der Waals surface area contributed by atoms with Crippen LogP contribution in [0, 0.1) is 0 Å². The number of methoxy groups -OCH3 is 2. The number of nitrogens with one attached hydrogen (secondary N) is 1. The molecule has 0 aliphatic carbocycles. The van der Waals surface area contributed by atoms with Crippen LogP contribution >= 0.6 is 0 Å². The summed E-state index contributed by atoms with van der Waals surface area (Å²) in [6, 6.07) is 6.00. The van der Waals surface area contributed by atoms with E-state index in [1.807, 2.05) is 24.3 Å². The fourth-order valence-corrected chi connectivity index (χ4v) is 1.76. The van der Waals surface area contributed by atoms with E-state index in [1.54, 1.807) is 14.2 Å². The second-order valence-corrected chi connectivity index (χ2v) is 4.43. The molecule has 4 nitrogen and oxygen atoms in total. The summed E-state index contributed by atoms with van der Waals surface area (Å²) in [7, 11) is 3.35. The minimum atomic E-state index is 0.670. The largest absolute Gasteiger partial charge is 0.493 e. The molecule has 1 aromatic carbocycles. The van der Waals surface area contributed by atoms with Gasteiger partial charge in [0.1, 0.15) is 0 Å².